The Kier molecular flexibility index (Phi) is 4.02. The molecule has 72 valence electrons. The number of halogens is 3. The van der Waals surface area contributed by atoms with Crippen molar-refractivity contribution in [2.45, 2.75) is 19.0 Å². The predicted octanol–water partition coefficient (Wildman–Crippen LogP) is 0.988. The lowest BCUT2D eigenvalue weighted by Crippen LogP contribution is -2.24. The summed E-state index contributed by atoms with van der Waals surface area (Å²) in [7, 11) is 0. The zero-order valence-electron chi connectivity index (χ0n) is 6.27. The summed E-state index contributed by atoms with van der Waals surface area (Å²) in [5.74, 6) is -2.27. The van der Waals surface area contributed by atoms with Crippen molar-refractivity contribution in [1.29, 1.82) is 0 Å². The Hall–Kier alpha value is -0.780. The van der Waals surface area contributed by atoms with E-state index < -0.39 is 30.9 Å². The molecule has 0 aliphatic heterocycles. The smallest absolute Gasteiger partial charge is 0.389 e. The van der Waals surface area contributed by atoms with Crippen LogP contribution in [-0.4, -0.2) is 23.8 Å². The molecule has 1 unspecified atom stereocenters. The van der Waals surface area contributed by atoms with Gasteiger partial charge in [-0.15, -0.1) is 0 Å². The van der Waals surface area contributed by atoms with E-state index in [0.29, 0.717) is 0 Å². The first-order valence-electron chi connectivity index (χ1n) is 3.33. The normalized spacial score (nSPS) is 14.3. The van der Waals surface area contributed by atoms with Gasteiger partial charge >= 0.3 is 12.1 Å². The van der Waals surface area contributed by atoms with E-state index in [1.54, 1.807) is 0 Å². The molecule has 0 aromatic heterocycles. The van der Waals surface area contributed by atoms with Crippen LogP contribution in [0.25, 0.3) is 0 Å². The summed E-state index contributed by atoms with van der Waals surface area (Å²) in [4.78, 5) is 10.0. The maximum absolute atomic E-state index is 11.7. The average molecular weight is 185 g/mol. The van der Waals surface area contributed by atoms with Gasteiger partial charge in [0, 0.05) is 12.8 Å². The van der Waals surface area contributed by atoms with Crippen LogP contribution in [0.3, 0.4) is 0 Å². The van der Waals surface area contributed by atoms with E-state index in [4.69, 9.17) is 10.8 Å². The summed E-state index contributed by atoms with van der Waals surface area (Å²) >= 11 is 0. The number of aliphatic carboxylic acids is 1. The van der Waals surface area contributed by atoms with Crippen LogP contribution in [-0.2, 0) is 4.79 Å². The summed E-state index contributed by atoms with van der Waals surface area (Å²) in [6.45, 7) is -0.258. The van der Waals surface area contributed by atoms with Crippen molar-refractivity contribution < 1.29 is 23.1 Å². The second-order valence-corrected chi connectivity index (χ2v) is 2.52. The third-order valence-corrected chi connectivity index (χ3v) is 1.32. The van der Waals surface area contributed by atoms with Crippen molar-refractivity contribution in [1.82, 2.24) is 0 Å². The number of nitrogens with two attached hydrogens (primary N) is 1. The predicted molar refractivity (Wildman–Crippen MR) is 35.5 cm³/mol. The van der Waals surface area contributed by atoms with Crippen LogP contribution in [0.15, 0.2) is 0 Å². The van der Waals surface area contributed by atoms with Gasteiger partial charge in [0.1, 0.15) is 0 Å². The molecule has 0 heterocycles. The number of alkyl halides is 3. The molecule has 0 aromatic rings. The van der Waals surface area contributed by atoms with Gasteiger partial charge in [0.15, 0.2) is 0 Å². The second-order valence-electron chi connectivity index (χ2n) is 2.52. The first-order chi connectivity index (χ1) is 5.35. The zero-order chi connectivity index (χ0) is 9.78. The third-order valence-electron chi connectivity index (χ3n) is 1.32. The first-order valence-corrected chi connectivity index (χ1v) is 3.33. The minimum Gasteiger partial charge on any atom is -0.481 e. The van der Waals surface area contributed by atoms with E-state index in [0.717, 1.165) is 0 Å². The molecule has 0 saturated heterocycles. The SMILES string of the molecule is NCC(CC(=O)O)CC(F)(F)F. The largest absolute Gasteiger partial charge is 0.481 e. The Morgan fingerprint density at radius 3 is 2.25 bits per heavy atom. The van der Waals surface area contributed by atoms with Crippen molar-refractivity contribution in [3.05, 3.63) is 0 Å². The van der Waals surface area contributed by atoms with Crippen LogP contribution in [0.4, 0.5) is 13.2 Å². The number of rotatable bonds is 4. The quantitative estimate of drug-likeness (QED) is 0.686. The van der Waals surface area contributed by atoms with Gasteiger partial charge in [-0.25, -0.2) is 0 Å². The average Bonchev–Trinajstić information content (AvgIpc) is 1.82. The molecule has 3 nitrogen and oxygen atoms in total. The number of carboxylic acid groups (broad SMARTS) is 1. The summed E-state index contributed by atoms with van der Waals surface area (Å²) < 4.78 is 35.1. The van der Waals surface area contributed by atoms with E-state index in [1.165, 1.54) is 0 Å². The van der Waals surface area contributed by atoms with Crippen LogP contribution in [0.1, 0.15) is 12.8 Å². The van der Waals surface area contributed by atoms with Crippen LogP contribution in [0.5, 0.6) is 0 Å². The van der Waals surface area contributed by atoms with E-state index >= 15 is 0 Å². The Bertz CT molecular complexity index is 157. The number of carboxylic acids is 1. The molecule has 6 heteroatoms. The van der Waals surface area contributed by atoms with Crippen molar-refractivity contribution in [2.24, 2.45) is 11.7 Å². The maximum Gasteiger partial charge on any atom is 0.389 e. The lowest BCUT2D eigenvalue weighted by atomic mass is 10.0. The van der Waals surface area contributed by atoms with Gasteiger partial charge < -0.3 is 10.8 Å². The minimum absolute atomic E-state index is 0.258. The van der Waals surface area contributed by atoms with E-state index in [9.17, 15) is 18.0 Å². The topological polar surface area (TPSA) is 63.3 Å². The highest BCUT2D eigenvalue weighted by Gasteiger charge is 2.32. The van der Waals surface area contributed by atoms with Gasteiger partial charge in [-0.1, -0.05) is 0 Å². The Morgan fingerprint density at radius 1 is 1.50 bits per heavy atom. The monoisotopic (exact) mass is 185 g/mol. The van der Waals surface area contributed by atoms with Crippen LogP contribution in [0.2, 0.25) is 0 Å². The number of hydrogen-bond donors (Lipinski definition) is 2. The van der Waals surface area contributed by atoms with Crippen LogP contribution >= 0.6 is 0 Å². The first kappa shape index (κ1) is 11.2. The summed E-state index contributed by atoms with van der Waals surface area (Å²) in [6.07, 6.45) is -5.99. The fourth-order valence-electron chi connectivity index (χ4n) is 0.813. The van der Waals surface area contributed by atoms with Gasteiger partial charge in [-0.05, 0) is 12.5 Å². The zero-order valence-corrected chi connectivity index (χ0v) is 6.27. The van der Waals surface area contributed by atoms with Crippen molar-refractivity contribution in [2.75, 3.05) is 6.54 Å². The molecule has 0 aliphatic carbocycles. The fourth-order valence-corrected chi connectivity index (χ4v) is 0.813. The second kappa shape index (κ2) is 4.30. The molecule has 0 saturated carbocycles. The molecule has 0 rings (SSSR count). The van der Waals surface area contributed by atoms with E-state index in [2.05, 4.69) is 0 Å². The third kappa shape index (κ3) is 5.96. The lowest BCUT2D eigenvalue weighted by Gasteiger charge is -2.13. The van der Waals surface area contributed by atoms with E-state index in [1.807, 2.05) is 0 Å². The highest BCUT2D eigenvalue weighted by Crippen LogP contribution is 2.25. The molecule has 0 radical (unpaired) electrons. The van der Waals surface area contributed by atoms with Crippen molar-refractivity contribution in [3.8, 4) is 0 Å². The lowest BCUT2D eigenvalue weighted by molar-refractivity contribution is -0.150. The molecule has 0 aromatic carbocycles. The summed E-state index contributed by atoms with van der Waals surface area (Å²) in [5.41, 5.74) is 4.96. The molecular weight excluding hydrogens is 175 g/mol. The van der Waals surface area contributed by atoms with Gasteiger partial charge in [0.25, 0.3) is 0 Å². The van der Waals surface area contributed by atoms with Crippen LogP contribution < -0.4 is 5.73 Å². The van der Waals surface area contributed by atoms with Crippen LogP contribution in [0, 0.1) is 5.92 Å². The van der Waals surface area contributed by atoms with Gasteiger partial charge in [0.2, 0.25) is 0 Å². The standard InChI is InChI=1S/C6H10F3NO2/c7-6(8,9)2-4(3-10)1-5(11)12/h4H,1-3,10H2,(H,11,12). The Balaban J connectivity index is 3.92. The Labute approximate surface area is 67.4 Å². The molecule has 0 aliphatic rings. The minimum atomic E-state index is -4.33. The van der Waals surface area contributed by atoms with E-state index in [-0.39, 0.29) is 6.54 Å². The van der Waals surface area contributed by atoms with Gasteiger partial charge in [0.05, 0.1) is 0 Å². The summed E-state index contributed by atoms with van der Waals surface area (Å²) in [6, 6.07) is 0. The maximum atomic E-state index is 11.7. The van der Waals surface area contributed by atoms with Gasteiger partial charge in [-0.2, -0.15) is 13.2 Å². The fraction of sp³-hybridized carbons (Fsp3) is 0.833. The molecule has 3 N–H and O–H groups in total. The molecule has 0 amide bonds. The molecule has 12 heavy (non-hydrogen) atoms. The molecule has 0 spiro atoms. The highest BCUT2D eigenvalue weighted by atomic mass is 19.4. The summed E-state index contributed by atoms with van der Waals surface area (Å²) in [5, 5.41) is 8.19. The molecular formula is C6H10F3NO2. The molecule has 1 atom stereocenters. The van der Waals surface area contributed by atoms with Crippen molar-refractivity contribution >= 4 is 5.97 Å². The number of carbonyl (C=O) groups is 1. The number of hydrogen-bond acceptors (Lipinski definition) is 2. The van der Waals surface area contributed by atoms with Gasteiger partial charge in [-0.3, -0.25) is 4.79 Å². The molecule has 0 fully saturated rings. The van der Waals surface area contributed by atoms with Crippen molar-refractivity contribution in [3.63, 3.8) is 0 Å². The molecule has 0 bridgehead atoms. The Morgan fingerprint density at radius 2 is 2.00 bits per heavy atom. The highest BCUT2D eigenvalue weighted by molar-refractivity contribution is 5.67.